The van der Waals surface area contributed by atoms with Crippen LogP contribution < -0.4 is 5.32 Å². The van der Waals surface area contributed by atoms with Crippen molar-refractivity contribution >= 4 is 12.1 Å². The summed E-state index contributed by atoms with van der Waals surface area (Å²) in [5, 5.41) is 9.22. The summed E-state index contributed by atoms with van der Waals surface area (Å²) in [6.45, 7) is 4.96. The van der Waals surface area contributed by atoms with Crippen molar-refractivity contribution in [2.45, 2.75) is 19.4 Å². The van der Waals surface area contributed by atoms with Crippen LogP contribution in [0.4, 0.5) is 0 Å². The van der Waals surface area contributed by atoms with Crippen molar-refractivity contribution in [3.63, 3.8) is 0 Å². The Morgan fingerprint density at radius 2 is 2.56 bits per heavy atom. The second-order valence-electron chi connectivity index (χ2n) is 1.91. The average Bonchev–Trinajstić information content (AvgIpc) is 1.63. The fraction of sp³-hybridized carbons (Fsp3) is 0.500. The summed E-state index contributed by atoms with van der Waals surface area (Å²) < 4.78 is 0. The summed E-state index contributed by atoms with van der Waals surface area (Å²) in [7, 11) is 0. The molecule has 1 amide bonds. The predicted molar refractivity (Wildman–Crippen MR) is 36.4 cm³/mol. The minimum absolute atomic E-state index is 0.0347. The number of carbonyl (C=O) groups excluding carboxylic acids is 1. The smallest absolute Gasteiger partial charge is 0.220 e. The number of nitrogens with one attached hydrogen (secondary N) is 2. The van der Waals surface area contributed by atoms with Gasteiger partial charge < -0.3 is 10.7 Å². The lowest BCUT2D eigenvalue weighted by Gasteiger charge is -2.07. The van der Waals surface area contributed by atoms with Crippen LogP contribution in [0.2, 0.25) is 0 Å². The van der Waals surface area contributed by atoms with E-state index < -0.39 is 0 Å². The maximum absolute atomic E-state index is 10.2. The summed E-state index contributed by atoms with van der Waals surface area (Å²) in [5.74, 6) is -0.288. The van der Waals surface area contributed by atoms with Gasteiger partial charge in [0.05, 0.1) is 0 Å². The summed E-state index contributed by atoms with van der Waals surface area (Å²) in [4.78, 5) is 10.2. The zero-order valence-electron chi connectivity index (χ0n) is 5.48. The molecule has 9 heavy (non-hydrogen) atoms. The van der Waals surface area contributed by atoms with Gasteiger partial charge in [0.15, 0.2) is 0 Å². The molecular weight excluding hydrogens is 116 g/mol. The largest absolute Gasteiger partial charge is 0.353 e. The zero-order valence-corrected chi connectivity index (χ0v) is 5.48. The second-order valence-corrected chi connectivity index (χ2v) is 1.91. The molecule has 0 aromatic heterocycles. The van der Waals surface area contributed by atoms with Gasteiger partial charge in [0, 0.05) is 19.4 Å². The molecule has 0 saturated carbocycles. The quantitative estimate of drug-likeness (QED) is 0.528. The molecule has 0 fully saturated rings. The Kier molecular flexibility index (Phi) is 3.67. The van der Waals surface area contributed by atoms with Crippen LogP contribution in [0.15, 0.2) is 0 Å². The van der Waals surface area contributed by atoms with Crippen LogP contribution in [0.5, 0.6) is 0 Å². The Hall–Kier alpha value is -0.860. The van der Waals surface area contributed by atoms with Gasteiger partial charge in [-0.2, -0.15) is 0 Å². The van der Waals surface area contributed by atoms with Crippen LogP contribution in [-0.2, 0) is 4.79 Å². The van der Waals surface area contributed by atoms with Crippen molar-refractivity contribution in [3.8, 4) is 0 Å². The van der Waals surface area contributed by atoms with Crippen molar-refractivity contribution in [2.75, 3.05) is 0 Å². The zero-order chi connectivity index (χ0) is 7.28. The second kappa shape index (κ2) is 4.06. The molecule has 0 rings (SSSR count). The molecule has 3 heteroatoms. The third kappa shape index (κ3) is 5.00. The van der Waals surface area contributed by atoms with Gasteiger partial charge in [0.25, 0.3) is 0 Å². The molecule has 0 spiro atoms. The lowest BCUT2D eigenvalue weighted by molar-refractivity contribution is -0.117. The van der Waals surface area contributed by atoms with E-state index in [1.807, 2.05) is 6.92 Å². The molecule has 0 aliphatic rings. The topological polar surface area (TPSA) is 53.0 Å². The molecular formula is C6H11N2O. The lowest BCUT2D eigenvalue weighted by Crippen LogP contribution is -2.30. The highest BCUT2D eigenvalue weighted by atomic mass is 16.1. The lowest BCUT2D eigenvalue weighted by atomic mass is 10.2. The van der Waals surface area contributed by atoms with E-state index in [9.17, 15) is 4.79 Å². The van der Waals surface area contributed by atoms with Gasteiger partial charge >= 0.3 is 0 Å². The third-order valence-corrected chi connectivity index (χ3v) is 0.879. The molecule has 1 atom stereocenters. The van der Waals surface area contributed by atoms with Gasteiger partial charge in [0.1, 0.15) is 0 Å². The highest BCUT2D eigenvalue weighted by Gasteiger charge is 1.98. The Morgan fingerprint density at radius 3 is 2.89 bits per heavy atom. The van der Waals surface area contributed by atoms with Crippen LogP contribution in [-0.4, -0.2) is 18.2 Å². The Bertz CT molecular complexity index is 112. The van der Waals surface area contributed by atoms with Crippen LogP contribution in [0.3, 0.4) is 0 Å². The van der Waals surface area contributed by atoms with Gasteiger partial charge in [-0.3, -0.25) is 4.79 Å². The fourth-order valence-corrected chi connectivity index (χ4v) is 0.511. The number of rotatable bonds is 3. The normalized spacial score (nSPS) is 12.2. The van der Waals surface area contributed by atoms with E-state index in [0.29, 0.717) is 6.42 Å². The highest BCUT2D eigenvalue weighted by molar-refractivity contribution is 5.80. The predicted octanol–water partition coefficient (Wildman–Crippen LogP) is 0.365. The van der Waals surface area contributed by atoms with Gasteiger partial charge in [-0.25, -0.2) is 0 Å². The molecule has 2 N–H and O–H groups in total. The molecule has 3 nitrogen and oxygen atoms in total. The van der Waals surface area contributed by atoms with Crippen molar-refractivity contribution < 1.29 is 4.79 Å². The average molecular weight is 127 g/mol. The Balaban J connectivity index is 3.37. The van der Waals surface area contributed by atoms with Gasteiger partial charge in [-0.05, 0) is 13.1 Å². The van der Waals surface area contributed by atoms with Crippen LogP contribution >= 0.6 is 0 Å². The molecule has 1 radical (unpaired) electrons. The molecule has 0 bridgehead atoms. The Labute approximate surface area is 55.0 Å². The first-order valence-electron chi connectivity index (χ1n) is 2.78. The van der Waals surface area contributed by atoms with E-state index >= 15 is 0 Å². The molecule has 0 aliphatic heterocycles. The number of hydrogen-bond donors (Lipinski definition) is 2. The summed E-state index contributed by atoms with van der Waals surface area (Å²) >= 11 is 0. The van der Waals surface area contributed by atoms with Crippen LogP contribution in [0.25, 0.3) is 0 Å². The SMILES string of the molecule is [CH2]C(=O)NC(C)CC=N. The summed E-state index contributed by atoms with van der Waals surface area (Å²) in [5.41, 5.74) is 0. The maximum atomic E-state index is 10.2. The first-order chi connectivity index (χ1) is 4.16. The van der Waals surface area contributed by atoms with E-state index in [2.05, 4.69) is 12.2 Å². The molecule has 51 valence electrons. The van der Waals surface area contributed by atoms with Crippen molar-refractivity contribution in [1.29, 1.82) is 5.41 Å². The van der Waals surface area contributed by atoms with E-state index in [-0.39, 0.29) is 11.9 Å². The van der Waals surface area contributed by atoms with E-state index in [0.717, 1.165) is 0 Å². The fourth-order valence-electron chi connectivity index (χ4n) is 0.511. The third-order valence-electron chi connectivity index (χ3n) is 0.879. The maximum Gasteiger partial charge on any atom is 0.220 e. The van der Waals surface area contributed by atoms with Gasteiger partial charge in [-0.1, -0.05) is 0 Å². The number of amides is 1. The number of hydrogen-bond acceptors (Lipinski definition) is 2. The van der Waals surface area contributed by atoms with Crippen LogP contribution in [0.1, 0.15) is 13.3 Å². The van der Waals surface area contributed by atoms with Crippen molar-refractivity contribution in [2.24, 2.45) is 0 Å². The van der Waals surface area contributed by atoms with Crippen molar-refractivity contribution in [3.05, 3.63) is 6.92 Å². The first-order valence-corrected chi connectivity index (χ1v) is 2.78. The number of carbonyl (C=O) groups is 1. The molecule has 0 heterocycles. The summed E-state index contributed by atoms with van der Waals surface area (Å²) in [6.07, 6.45) is 1.84. The molecule has 0 aromatic carbocycles. The van der Waals surface area contributed by atoms with Gasteiger partial charge in [-0.15, -0.1) is 0 Å². The van der Waals surface area contributed by atoms with Crippen molar-refractivity contribution in [1.82, 2.24) is 5.32 Å². The molecule has 1 unspecified atom stereocenters. The first kappa shape index (κ1) is 8.14. The van der Waals surface area contributed by atoms with E-state index in [1.54, 1.807) is 0 Å². The standard InChI is InChI=1S/C6H11N2O/c1-5(3-4-7)8-6(2)9/h4-5,7H,2-3H2,1H3,(H,8,9). The Morgan fingerprint density at radius 1 is 2.00 bits per heavy atom. The molecule has 0 aliphatic carbocycles. The van der Waals surface area contributed by atoms with E-state index in [4.69, 9.17) is 5.41 Å². The molecule has 0 saturated heterocycles. The molecule has 0 aromatic rings. The highest BCUT2D eigenvalue weighted by Crippen LogP contribution is 1.84. The van der Waals surface area contributed by atoms with Gasteiger partial charge in [0.2, 0.25) is 5.91 Å². The summed E-state index contributed by atoms with van der Waals surface area (Å²) in [6, 6.07) is 0.0347. The monoisotopic (exact) mass is 127 g/mol. The van der Waals surface area contributed by atoms with Crippen LogP contribution in [0, 0.1) is 12.3 Å². The minimum atomic E-state index is -0.288. The van der Waals surface area contributed by atoms with E-state index in [1.165, 1.54) is 6.21 Å². The minimum Gasteiger partial charge on any atom is -0.353 e.